The van der Waals surface area contributed by atoms with E-state index >= 15 is 0 Å². The molecule has 0 aliphatic rings. The van der Waals surface area contributed by atoms with Gasteiger partial charge in [-0.3, -0.25) is 10.1 Å². The van der Waals surface area contributed by atoms with Gasteiger partial charge in [0.1, 0.15) is 0 Å². The Bertz CT molecular complexity index is 1350. The van der Waals surface area contributed by atoms with E-state index in [0.717, 1.165) is 22.3 Å². The molecular formula is C25H17NO3. The number of non-ortho nitro benzene ring substituents is 1. The van der Waals surface area contributed by atoms with Crippen LogP contribution in [0.25, 0.3) is 32.7 Å². The third-order valence-electron chi connectivity index (χ3n) is 5.34. The molecule has 0 atom stereocenters. The van der Waals surface area contributed by atoms with Crippen molar-refractivity contribution in [3.05, 3.63) is 113 Å². The van der Waals surface area contributed by atoms with Gasteiger partial charge >= 0.3 is 0 Å². The van der Waals surface area contributed by atoms with E-state index in [9.17, 15) is 10.1 Å². The molecule has 0 fully saturated rings. The van der Waals surface area contributed by atoms with Crippen LogP contribution in [0, 0.1) is 10.1 Å². The summed E-state index contributed by atoms with van der Waals surface area (Å²) in [4.78, 5) is 10.5. The normalized spacial score (nSPS) is 11.2. The lowest BCUT2D eigenvalue weighted by atomic mass is 9.91. The van der Waals surface area contributed by atoms with E-state index < -0.39 is 0 Å². The number of nitro benzene ring substituents is 1. The van der Waals surface area contributed by atoms with Crippen molar-refractivity contribution in [1.82, 2.24) is 0 Å². The highest BCUT2D eigenvalue weighted by Gasteiger charge is 2.14. The van der Waals surface area contributed by atoms with Gasteiger partial charge in [-0.25, -0.2) is 0 Å². The highest BCUT2D eigenvalue weighted by molar-refractivity contribution is 6.13. The molecule has 0 aliphatic heterocycles. The third kappa shape index (κ3) is 3.05. The smallest absolute Gasteiger partial charge is 0.269 e. The van der Waals surface area contributed by atoms with Crippen LogP contribution in [-0.4, -0.2) is 4.92 Å². The van der Waals surface area contributed by atoms with Crippen LogP contribution < -0.4 is 0 Å². The molecule has 1 aromatic heterocycles. The van der Waals surface area contributed by atoms with Gasteiger partial charge in [0.25, 0.3) is 5.69 Å². The topological polar surface area (TPSA) is 56.3 Å². The molecule has 29 heavy (non-hydrogen) atoms. The van der Waals surface area contributed by atoms with Crippen molar-refractivity contribution < 1.29 is 9.34 Å². The lowest BCUT2D eigenvalue weighted by Crippen LogP contribution is -1.92. The minimum atomic E-state index is -0.381. The number of fused-ring (bicyclic) bond motifs is 3. The summed E-state index contributed by atoms with van der Waals surface area (Å²) < 4.78 is 5.59. The monoisotopic (exact) mass is 379 g/mol. The number of benzene rings is 4. The third-order valence-corrected chi connectivity index (χ3v) is 5.34. The van der Waals surface area contributed by atoms with Gasteiger partial charge in [-0.05, 0) is 38.7 Å². The van der Waals surface area contributed by atoms with Crippen molar-refractivity contribution in [3.63, 3.8) is 0 Å². The van der Waals surface area contributed by atoms with E-state index in [1.165, 1.54) is 21.5 Å². The van der Waals surface area contributed by atoms with Gasteiger partial charge < -0.3 is 4.42 Å². The van der Waals surface area contributed by atoms with Crippen molar-refractivity contribution in [3.8, 4) is 11.1 Å². The van der Waals surface area contributed by atoms with Crippen molar-refractivity contribution in [1.29, 1.82) is 0 Å². The molecule has 0 saturated carbocycles. The maximum atomic E-state index is 10.9. The summed E-state index contributed by atoms with van der Waals surface area (Å²) in [5.41, 5.74) is 4.33. The molecule has 1 heterocycles. The van der Waals surface area contributed by atoms with Crippen LogP contribution in [-0.2, 0) is 6.42 Å². The molecular weight excluding hydrogens is 362 g/mol. The zero-order chi connectivity index (χ0) is 19.8. The summed E-state index contributed by atoms with van der Waals surface area (Å²) in [5, 5.41) is 15.7. The fraction of sp³-hybridized carbons (Fsp3) is 0.0400. The van der Waals surface area contributed by atoms with Crippen LogP contribution in [0.1, 0.15) is 11.1 Å². The molecule has 0 unspecified atom stereocenters. The first-order chi connectivity index (χ1) is 14.2. The molecule has 5 rings (SSSR count). The molecule has 0 amide bonds. The second-order valence-corrected chi connectivity index (χ2v) is 7.10. The van der Waals surface area contributed by atoms with Gasteiger partial charge in [0.15, 0.2) is 0 Å². The number of nitrogens with zero attached hydrogens (tertiary/aromatic N) is 1. The van der Waals surface area contributed by atoms with E-state index in [2.05, 4.69) is 48.5 Å². The van der Waals surface area contributed by atoms with E-state index in [1.54, 1.807) is 36.8 Å². The fourth-order valence-corrected chi connectivity index (χ4v) is 3.93. The Balaban J connectivity index is 1.63. The van der Waals surface area contributed by atoms with Gasteiger partial charge in [-0.15, -0.1) is 0 Å². The molecule has 4 nitrogen and oxygen atoms in total. The summed E-state index contributed by atoms with van der Waals surface area (Å²) >= 11 is 0. The van der Waals surface area contributed by atoms with Crippen molar-refractivity contribution >= 4 is 27.2 Å². The number of rotatable bonds is 4. The maximum absolute atomic E-state index is 10.9. The Morgan fingerprint density at radius 1 is 0.759 bits per heavy atom. The van der Waals surface area contributed by atoms with Crippen molar-refractivity contribution in [2.75, 3.05) is 0 Å². The zero-order valence-electron chi connectivity index (χ0n) is 15.5. The molecule has 0 saturated heterocycles. The molecule has 0 N–H and O–H groups in total. The standard InChI is InChI=1S/C25H17NO3/c27-26(28)20-11-9-17(10-12-20)13-19-15-29-16-25(19)24-14-18-5-1-2-6-21(18)22-7-3-4-8-23(22)24/h1-12,14-16H,13H2. The molecule has 4 aromatic carbocycles. The summed E-state index contributed by atoms with van der Waals surface area (Å²) in [6.07, 6.45) is 4.20. The molecule has 0 bridgehead atoms. The quantitative estimate of drug-likeness (QED) is 0.197. The second-order valence-electron chi connectivity index (χ2n) is 7.10. The average Bonchev–Trinajstić information content (AvgIpc) is 3.21. The number of hydrogen-bond acceptors (Lipinski definition) is 3. The molecule has 4 heteroatoms. The number of hydrogen-bond donors (Lipinski definition) is 0. The van der Waals surface area contributed by atoms with Gasteiger partial charge in [0.2, 0.25) is 0 Å². The fourth-order valence-electron chi connectivity index (χ4n) is 3.93. The minimum absolute atomic E-state index is 0.0988. The SMILES string of the molecule is O=[N+]([O-])c1ccc(Cc2cocc2-c2cc3ccccc3c3ccccc23)cc1. The van der Waals surface area contributed by atoms with E-state index in [-0.39, 0.29) is 10.6 Å². The van der Waals surface area contributed by atoms with Gasteiger partial charge in [0, 0.05) is 29.7 Å². The van der Waals surface area contributed by atoms with Gasteiger partial charge in [-0.1, -0.05) is 60.7 Å². The minimum Gasteiger partial charge on any atom is -0.472 e. The average molecular weight is 379 g/mol. The van der Waals surface area contributed by atoms with Gasteiger partial charge in [0.05, 0.1) is 17.4 Å². The van der Waals surface area contributed by atoms with Crippen LogP contribution in [0.4, 0.5) is 5.69 Å². The van der Waals surface area contributed by atoms with Crippen molar-refractivity contribution in [2.24, 2.45) is 0 Å². The lowest BCUT2D eigenvalue weighted by Gasteiger charge is -2.11. The predicted molar refractivity (Wildman–Crippen MR) is 115 cm³/mol. The Labute approximate surface area is 167 Å². The molecule has 0 radical (unpaired) electrons. The van der Waals surface area contributed by atoms with E-state index in [1.807, 2.05) is 6.07 Å². The van der Waals surface area contributed by atoms with E-state index in [0.29, 0.717) is 6.42 Å². The van der Waals surface area contributed by atoms with Gasteiger partial charge in [-0.2, -0.15) is 0 Å². The maximum Gasteiger partial charge on any atom is 0.269 e. The Hall–Kier alpha value is -3.92. The largest absolute Gasteiger partial charge is 0.472 e. The first-order valence-electron chi connectivity index (χ1n) is 9.40. The summed E-state index contributed by atoms with van der Waals surface area (Å²) in [6.45, 7) is 0. The molecule has 0 aliphatic carbocycles. The Kier molecular flexibility index (Phi) is 4.10. The van der Waals surface area contributed by atoms with Crippen LogP contribution in [0.15, 0.2) is 95.8 Å². The molecule has 0 spiro atoms. The molecule has 5 aromatic rings. The highest BCUT2D eigenvalue weighted by atomic mass is 16.6. The van der Waals surface area contributed by atoms with Crippen LogP contribution >= 0.6 is 0 Å². The van der Waals surface area contributed by atoms with Crippen LogP contribution in [0.5, 0.6) is 0 Å². The van der Waals surface area contributed by atoms with Crippen molar-refractivity contribution in [2.45, 2.75) is 6.42 Å². The number of furan rings is 1. The Morgan fingerprint density at radius 2 is 1.45 bits per heavy atom. The summed E-state index contributed by atoms with van der Waals surface area (Å²) in [7, 11) is 0. The van der Waals surface area contributed by atoms with Crippen LogP contribution in [0.2, 0.25) is 0 Å². The first-order valence-corrected chi connectivity index (χ1v) is 9.40. The summed E-state index contributed by atoms with van der Waals surface area (Å²) in [6, 6.07) is 25.7. The lowest BCUT2D eigenvalue weighted by molar-refractivity contribution is -0.384. The summed E-state index contributed by atoms with van der Waals surface area (Å²) in [5.74, 6) is 0. The predicted octanol–water partition coefficient (Wildman–Crippen LogP) is 6.75. The van der Waals surface area contributed by atoms with Crippen LogP contribution in [0.3, 0.4) is 0 Å². The molecule has 140 valence electrons. The first kappa shape index (κ1) is 17.2. The number of nitro groups is 1. The second kappa shape index (κ2) is 6.91. The van der Waals surface area contributed by atoms with E-state index in [4.69, 9.17) is 4.42 Å². The highest BCUT2D eigenvalue weighted by Crippen LogP contribution is 2.37. The Morgan fingerprint density at radius 3 is 2.21 bits per heavy atom. The zero-order valence-corrected chi connectivity index (χ0v) is 15.5.